The van der Waals surface area contributed by atoms with Crippen molar-refractivity contribution in [2.45, 2.75) is 37.3 Å². The summed E-state index contributed by atoms with van der Waals surface area (Å²) in [7, 11) is 0. The van der Waals surface area contributed by atoms with Crippen LogP contribution < -0.4 is 5.56 Å². The predicted octanol–water partition coefficient (Wildman–Crippen LogP) is 6.92. The van der Waals surface area contributed by atoms with Crippen LogP contribution >= 0.6 is 11.8 Å². The summed E-state index contributed by atoms with van der Waals surface area (Å²) in [6.45, 7) is 0. The zero-order valence-electron chi connectivity index (χ0n) is 21.3. The molecule has 188 valence electrons. The number of nitrogens with zero attached hydrogens (tertiary/aromatic N) is 3. The van der Waals surface area contributed by atoms with Gasteiger partial charge < -0.3 is 0 Å². The van der Waals surface area contributed by atoms with Gasteiger partial charge in [0, 0.05) is 29.1 Å². The molecule has 0 radical (unpaired) electrons. The van der Waals surface area contributed by atoms with E-state index >= 15 is 0 Å². The summed E-state index contributed by atoms with van der Waals surface area (Å²) in [5.74, 6) is 0. The lowest BCUT2D eigenvalue weighted by Gasteiger charge is -2.26. The minimum absolute atomic E-state index is 0.136. The van der Waals surface area contributed by atoms with Crippen molar-refractivity contribution >= 4 is 38.9 Å². The average molecular weight is 517 g/mol. The highest BCUT2D eigenvalue weighted by atomic mass is 32.2. The predicted molar refractivity (Wildman–Crippen MR) is 157 cm³/mol. The van der Waals surface area contributed by atoms with Gasteiger partial charge in [-0.15, -0.1) is 0 Å². The lowest BCUT2D eigenvalue weighted by molar-refractivity contribution is 0.830. The number of thioether (sulfide) groups is 1. The quantitative estimate of drug-likeness (QED) is 0.208. The van der Waals surface area contributed by atoms with Crippen LogP contribution in [0.1, 0.15) is 41.6 Å². The second-order valence-electron chi connectivity index (χ2n) is 9.56. The minimum Gasteiger partial charge on any atom is -0.267 e. The first kappa shape index (κ1) is 24.3. The van der Waals surface area contributed by atoms with Crippen LogP contribution in [-0.2, 0) is 12.8 Å². The average Bonchev–Trinajstić information content (AvgIpc) is 2.97. The van der Waals surface area contributed by atoms with Gasteiger partial charge in [-0.25, -0.2) is 15.1 Å². The van der Waals surface area contributed by atoms with E-state index in [-0.39, 0.29) is 5.56 Å². The summed E-state index contributed by atoms with van der Waals surface area (Å²) in [6.07, 6.45) is 15.8. The maximum absolute atomic E-state index is 11.1. The van der Waals surface area contributed by atoms with Crippen LogP contribution in [0.3, 0.4) is 0 Å². The first-order valence-corrected chi connectivity index (χ1v) is 14.1. The van der Waals surface area contributed by atoms with Gasteiger partial charge in [0.15, 0.2) is 5.16 Å². The van der Waals surface area contributed by atoms with Gasteiger partial charge in [-0.05, 0) is 77.1 Å². The highest BCUT2D eigenvalue weighted by Crippen LogP contribution is 2.41. The Kier molecular flexibility index (Phi) is 6.88. The van der Waals surface area contributed by atoms with Crippen molar-refractivity contribution in [3.8, 4) is 0 Å². The van der Waals surface area contributed by atoms with Gasteiger partial charge in [-0.3, -0.25) is 4.79 Å². The molecule has 0 unspecified atom stereocenters. The van der Waals surface area contributed by atoms with Crippen LogP contribution in [0.4, 0.5) is 0 Å². The number of benzene rings is 3. The van der Waals surface area contributed by atoms with E-state index in [1.807, 2.05) is 36.7 Å². The van der Waals surface area contributed by atoms with E-state index in [9.17, 15) is 4.79 Å². The summed E-state index contributed by atoms with van der Waals surface area (Å²) in [5.41, 5.74) is 8.41. The van der Waals surface area contributed by atoms with Crippen LogP contribution in [0.5, 0.6) is 0 Å². The molecule has 0 bridgehead atoms. The number of hydrogen-bond donors (Lipinski definition) is 1. The van der Waals surface area contributed by atoms with Gasteiger partial charge in [0.05, 0.1) is 6.20 Å². The SMILES string of the molecule is CSc1nccc(Cc2cccc3ccc4c(c23)CCC2=C4C=CCC2)n1.O=c1[nH]ncc2ccccc12. The van der Waals surface area contributed by atoms with Crippen molar-refractivity contribution in [2.75, 3.05) is 6.26 Å². The molecule has 6 heteroatoms. The summed E-state index contributed by atoms with van der Waals surface area (Å²) in [4.78, 5) is 20.1. The van der Waals surface area contributed by atoms with Crippen LogP contribution in [0.15, 0.2) is 101 Å². The molecule has 2 heterocycles. The molecule has 0 saturated heterocycles. The first-order valence-electron chi connectivity index (χ1n) is 12.9. The summed E-state index contributed by atoms with van der Waals surface area (Å²) in [5, 5.41) is 11.2. The van der Waals surface area contributed by atoms with Crippen LogP contribution in [0.25, 0.3) is 27.1 Å². The lowest BCUT2D eigenvalue weighted by Crippen LogP contribution is -2.08. The maximum Gasteiger partial charge on any atom is 0.272 e. The standard InChI is InChI=1S/C24H22N2S.C8H6N2O/c1-27-24-25-14-13-19(26-24)15-18-7-4-6-17-10-11-21-20-8-3-2-5-16(20)9-12-22(21)23(17)18;11-8-7-4-2-1-3-6(7)5-9-10-8/h3-4,6-8,10-11,13-14H,2,5,9,12,15H2,1H3;1-5H,(H,10,11). The van der Waals surface area contributed by atoms with Crippen molar-refractivity contribution in [3.05, 3.63) is 124 Å². The summed E-state index contributed by atoms with van der Waals surface area (Å²) in [6, 6.07) is 20.7. The normalized spacial score (nSPS) is 14.1. The lowest BCUT2D eigenvalue weighted by atomic mass is 9.78. The number of H-pyrrole nitrogens is 1. The summed E-state index contributed by atoms with van der Waals surface area (Å²) >= 11 is 1.60. The topological polar surface area (TPSA) is 71.5 Å². The second kappa shape index (κ2) is 10.8. The van der Waals surface area contributed by atoms with E-state index < -0.39 is 0 Å². The third kappa shape index (κ3) is 4.79. The smallest absolute Gasteiger partial charge is 0.267 e. The fourth-order valence-electron chi connectivity index (χ4n) is 5.53. The van der Waals surface area contributed by atoms with Gasteiger partial charge in [-0.2, -0.15) is 5.10 Å². The van der Waals surface area contributed by atoms with Crippen molar-refractivity contribution in [1.82, 2.24) is 20.2 Å². The molecule has 0 saturated carbocycles. The minimum atomic E-state index is -0.136. The fraction of sp³-hybridized carbons (Fsp3) is 0.188. The van der Waals surface area contributed by atoms with Gasteiger partial charge in [0.2, 0.25) is 0 Å². The highest BCUT2D eigenvalue weighted by Gasteiger charge is 2.21. The van der Waals surface area contributed by atoms with E-state index in [1.54, 1.807) is 29.6 Å². The molecule has 2 aliphatic carbocycles. The molecular weight excluding hydrogens is 488 g/mol. The Balaban J connectivity index is 0.000000200. The first-order chi connectivity index (χ1) is 18.7. The highest BCUT2D eigenvalue weighted by molar-refractivity contribution is 7.98. The van der Waals surface area contributed by atoms with Gasteiger partial charge in [0.1, 0.15) is 0 Å². The third-order valence-electron chi connectivity index (χ3n) is 7.31. The molecule has 1 N–H and O–H groups in total. The Morgan fingerprint density at radius 2 is 1.84 bits per heavy atom. The number of aromatic nitrogens is 4. The van der Waals surface area contributed by atoms with Gasteiger partial charge in [-0.1, -0.05) is 78.0 Å². The molecule has 0 fully saturated rings. The number of nitrogens with one attached hydrogen (secondary N) is 1. The van der Waals surface area contributed by atoms with E-state index in [0.717, 1.165) is 29.1 Å². The molecule has 0 amide bonds. The Labute approximate surface area is 225 Å². The van der Waals surface area contributed by atoms with E-state index in [2.05, 4.69) is 57.7 Å². The molecule has 38 heavy (non-hydrogen) atoms. The monoisotopic (exact) mass is 516 g/mol. The van der Waals surface area contributed by atoms with Crippen molar-refractivity contribution in [2.24, 2.45) is 0 Å². The number of hydrogen-bond acceptors (Lipinski definition) is 5. The van der Waals surface area contributed by atoms with Crippen LogP contribution in [0, 0.1) is 0 Å². The third-order valence-corrected chi connectivity index (χ3v) is 7.87. The largest absolute Gasteiger partial charge is 0.272 e. The molecule has 2 aliphatic rings. The number of fused-ring (bicyclic) bond motifs is 5. The van der Waals surface area contributed by atoms with E-state index in [0.29, 0.717) is 5.39 Å². The molecule has 7 rings (SSSR count). The fourth-order valence-corrected chi connectivity index (χ4v) is 5.90. The van der Waals surface area contributed by atoms with Crippen LogP contribution in [0.2, 0.25) is 0 Å². The molecule has 0 spiro atoms. The maximum atomic E-state index is 11.1. The second-order valence-corrected chi connectivity index (χ2v) is 10.3. The van der Waals surface area contributed by atoms with Gasteiger partial charge >= 0.3 is 0 Å². The Morgan fingerprint density at radius 1 is 0.947 bits per heavy atom. The van der Waals surface area contributed by atoms with Gasteiger partial charge in [0.25, 0.3) is 5.56 Å². The Hall–Kier alpha value is -4.03. The number of rotatable bonds is 3. The molecule has 5 aromatic rings. The Bertz CT molecular complexity index is 1760. The zero-order valence-corrected chi connectivity index (χ0v) is 22.1. The summed E-state index contributed by atoms with van der Waals surface area (Å²) < 4.78 is 0. The van der Waals surface area contributed by atoms with Crippen molar-refractivity contribution < 1.29 is 0 Å². The zero-order chi connectivity index (χ0) is 25.9. The molecule has 3 aromatic carbocycles. The van der Waals surface area contributed by atoms with Crippen LogP contribution in [-0.4, -0.2) is 26.4 Å². The number of aryl methyl sites for hydroxylation is 1. The number of allylic oxidation sites excluding steroid dienone is 4. The molecule has 5 nitrogen and oxygen atoms in total. The molecular formula is C32H28N4OS. The molecule has 2 aromatic heterocycles. The molecule has 0 atom stereocenters. The van der Waals surface area contributed by atoms with E-state index in [4.69, 9.17) is 4.98 Å². The molecule has 0 aliphatic heterocycles. The van der Waals surface area contributed by atoms with E-state index in [1.165, 1.54) is 52.3 Å². The Morgan fingerprint density at radius 3 is 2.74 bits per heavy atom. The van der Waals surface area contributed by atoms with Crippen molar-refractivity contribution in [1.29, 1.82) is 0 Å². The number of aromatic amines is 1. The van der Waals surface area contributed by atoms with Crippen molar-refractivity contribution in [3.63, 3.8) is 0 Å².